The fourth-order valence-electron chi connectivity index (χ4n) is 3.93. The fourth-order valence-corrected chi connectivity index (χ4v) is 5.63. The van der Waals surface area contributed by atoms with E-state index in [4.69, 9.17) is 9.47 Å². The van der Waals surface area contributed by atoms with Crippen LogP contribution in [-0.2, 0) is 14.8 Å². The van der Waals surface area contributed by atoms with Gasteiger partial charge in [0.1, 0.15) is 16.4 Å². The molecule has 9 nitrogen and oxygen atoms in total. The van der Waals surface area contributed by atoms with Crippen LogP contribution in [0.5, 0.6) is 11.5 Å². The highest BCUT2D eigenvalue weighted by Gasteiger charge is 2.29. The molecule has 2 aromatic carbocycles. The second-order valence-electron chi connectivity index (χ2n) is 8.10. The summed E-state index contributed by atoms with van der Waals surface area (Å²) in [6, 6.07) is 9.25. The smallest absolute Gasteiger partial charge is 0.265 e. The molecule has 33 heavy (non-hydrogen) atoms. The summed E-state index contributed by atoms with van der Waals surface area (Å²) in [5, 5.41) is 5.48. The van der Waals surface area contributed by atoms with E-state index in [1.54, 1.807) is 25.1 Å². The lowest BCUT2D eigenvalue weighted by atomic mass is 10.1. The number of hydrogen-bond donors (Lipinski definition) is 2. The van der Waals surface area contributed by atoms with E-state index in [9.17, 15) is 18.0 Å². The monoisotopic (exact) mass is 473 g/mol. The Balaban J connectivity index is 1.59. The van der Waals surface area contributed by atoms with E-state index in [-0.39, 0.29) is 22.1 Å². The van der Waals surface area contributed by atoms with Gasteiger partial charge in [0.15, 0.2) is 6.10 Å². The molecule has 1 atom stereocenters. The summed E-state index contributed by atoms with van der Waals surface area (Å²) < 4.78 is 38.9. The maximum atomic E-state index is 13.3. The Hall–Kier alpha value is -3.11. The van der Waals surface area contributed by atoms with Gasteiger partial charge in [0.2, 0.25) is 10.0 Å². The second kappa shape index (κ2) is 9.40. The maximum Gasteiger partial charge on any atom is 0.265 e. The SMILES string of the molecule is COc1ccc(C(=O)Nc2ccc3c(c2)NC(=O)[C@@H](C)O3)cc1S(=O)(=O)N1CCCCCC1. The van der Waals surface area contributed by atoms with E-state index in [1.165, 1.54) is 29.6 Å². The molecule has 2 N–H and O–H groups in total. The Bertz CT molecular complexity index is 1170. The van der Waals surface area contributed by atoms with Gasteiger partial charge in [-0.3, -0.25) is 9.59 Å². The summed E-state index contributed by atoms with van der Waals surface area (Å²) in [4.78, 5) is 24.8. The van der Waals surface area contributed by atoms with Crippen molar-refractivity contribution in [3.63, 3.8) is 0 Å². The number of sulfonamides is 1. The number of hydrogen-bond acceptors (Lipinski definition) is 6. The minimum Gasteiger partial charge on any atom is -0.495 e. The summed E-state index contributed by atoms with van der Waals surface area (Å²) in [6.45, 7) is 2.54. The number of rotatable bonds is 5. The topological polar surface area (TPSA) is 114 Å². The first-order valence-corrected chi connectivity index (χ1v) is 12.3. The molecule has 176 valence electrons. The molecule has 0 bridgehead atoms. The van der Waals surface area contributed by atoms with Gasteiger partial charge in [-0.05, 0) is 56.2 Å². The number of carbonyl (C=O) groups excluding carboxylic acids is 2. The van der Waals surface area contributed by atoms with Gasteiger partial charge >= 0.3 is 0 Å². The van der Waals surface area contributed by atoms with Gasteiger partial charge in [-0.2, -0.15) is 4.31 Å². The van der Waals surface area contributed by atoms with Gasteiger partial charge in [0.25, 0.3) is 11.8 Å². The molecule has 0 aromatic heterocycles. The Kier molecular flexibility index (Phi) is 6.57. The Morgan fingerprint density at radius 2 is 1.85 bits per heavy atom. The fraction of sp³-hybridized carbons (Fsp3) is 0.391. The Morgan fingerprint density at radius 1 is 1.12 bits per heavy atom. The standard InChI is InChI=1S/C23H27N3O6S/c1-15-22(27)25-18-14-17(8-10-19(18)32-15)24-23(28)16-7-9-20(31-2)21(13-16)33(29,30)26-11-5-3-4-6-12-26/h7-10,13-15H,3-6,11-12H2,1-2H3,(H,24,28)(H,25,27)/t15-/m1/s1. The molecule has 1 saturated heterocycles. The zero-order valence-electron chi connectivity index (χ0n) is 18.6. The second-order valence-corrected chi connectivity index (χ2v) is 10.0. The largest absolute Gasteiger partial charge is 0.495 e. The highest BCUT2D eigenvalue weighted by Crippen LogP contribution is 2.33. The minimum atomic E-state index is -3.82. The molecule has 0 unspecified atom stereocenters. The van der Waals surface area contributed by atoms with Gasteiger partial charge in [0, 0.05) is 24.3 Å². The van der Waals surface area contributed by atoms with Crippen molar-refractivity contribution in [2.45, 2.75) is 43.6 Å². The summed E-state index contributed by atoms with van der Waals surface area (Å²) in [7, 11) is -2.41. The van der Waals surface area contributed by atoms with E-state index in [2.05, 4.69) is 10.6 Å². The first kappa shape index (κ1) is 23.1. The van der Waals surface area contributed by atoms with Crippen LogP contribution >= 0.6 is 0 Å². The van der Waals surface area contributed by atoms with E-state index in [0.717, 1.165) is 25.7 Å². The molecule has 0 spiro atoms. The summed E-state index contributed by atoms with van der Waals surface area (Å²) in [5.41, 5.74) is 1.07. The van der Waals surface area contributed by atoms with Crippen molar-refractivity contribution in [1.29, 1.82) is 0 Å². The number of carbonyl (C=O) groups is 2. The molecule has 4 rings (SSSR count). The third kappa shape index (κ3) is 4.81. The van der Waals surface area contributed by atoms with Crippen molar-refractivity contribution < 1.29 is 27.5 Å². The zero-order valence-corrected chi connectivity index (χ0v) is 19.4. The third-order valence-electron chi connectivity index (χ3n) is 5.78. The van der Waals surface area contributed by atoms with Gasteiger partial charge in [0.05, 0.1) is 12.8 Å². The summed E-state index contributed by atoms with van der Waals surface area (Å²) in [5.74, 6) is -0.0558. The number of amides is 2. The molecule has 2 amide bonds. The number of nitrogens with zero attached hydrogens (tertiary/aromatic N) is 1. The summed E-state index contributed by atoms with van der Waals surface area (Å²) >= 11 is 0. The van der Waals surface area contributed by atoms with Crippen LogP contribution in [0.3, 0.4) is 0 Å². The molecular weight excluding hydrogens is 446 g/mol. The number of fused-ring (bicyclic) bond motifs is 1. The van der Waals surface area contributed by atoms with Crippen LogP contribution in [0.1, 0.15) is 43.0 Å². The molecule has 0 aliphatic carbocycles. The van der Waals surface area contributed by atoms with E-state index in [1.807, 2.05) is 0 Å². The van der Waals surface area contributed by atoms with Crippen LogP contribution in [0.25, 0.3) is 0 Å². The molecule has 2 aliphatic heterocycles. The van der Waals surface area contributed by atoms with Crippen LogP contribution in [-0.4, -0.2) is 50.8 Å². The van der Waals surface area contributed by atoms with E-state index in [0.29, 0.717) is 30.2 Å². The number of anilines is 2. The molecule has 0 radical (unpaired) electrons. The van der Waals surface area contributed by atoms with Crippen molar-refractivity contribution in [3.05, 3.63) is 42.0 Å². The highest BCUT2D eigenvalue weighted by atomic mass is 32.2. The highest BCUT2D eigenvalue weighted by molar-refractivity contribution is 7.89. The molecule has 2 heterocycles. The normalized spacial score (nSPS) is 19.0. The first-order chi connectivity index (χ1) is 15.8. The van der Waals surface area contributed by atoms with Crippen LogP contribution < -0.4 is 20.1 Å². The van der Waals surface area contributed by atoms with E-state index < -0.39 is 22.0 Å². The lowest BCUT2D eigenvalue weighted by molar-refractivity contribution is -0.122. The Labute approximate surface area is 193 Å². The van der Waals surface area contributed by atoms with Crippen LogP contribution in [0, 0.1) is 0 Å². The molecule has 2 aliphatic rings. The minimum absolute atomic E-state index is 0.0281. The number of ether oxygens (including phenoxy) is 2. The molecular formula is C23H27N3O6S. The molecule has 1 fully saturated rings. The number of nitrogens with one attached hydrogen (secondary N) is 2. The lowest BCUT2D eigenvalue weighted by Crippen LogP contribution is -2.34. The number of methoxy groups -OCH3 is 1. The van der Waals surface area contributed by atoms with Gasteiger partial charge in [-0.25, -0.2) is 8.42 Å². The van der Waals surface area contributed by atoms with Crippen LogP contribution in [0.15, 0.2) is 41.3 Å². The van der Waals surface area contributed by atoms with Gasteiger partial charge in [-0.1, -0.05) is 12.8 Å². The molecule has 2 aromatic rings. The molecule has 10 heteroatoms. The van der Waals surface area contributed by atoms with Gasteiger partial charge in [-0.15, -0.1) is 0 Å². The predicted molar refractivity (Wildman–Crippen MR) is 123 cm³/mol. The summed E-state index contributed by atoms with van der Waals surface area (Å²) in [6.07, 6.45) is 3.01. The first-order valence-electron chi connectivity index (χ1n) is 10.9. The zero-order chi connectivity index (χ0) is 23.6. The van der Waals surface area contributed by atoms with Crippen LogP contribution in [0.2, 0.25) is 0 Å². The average molecular weight is 474 g/mol. The lowest BCUT2D eigenvalue weighted by Gasteiger charge is -2.23. The van der Waals surface area contributed by atoms with Crippen molar-refractivity contribution in [2.24, 2.45) is 0 Å². The quantitative estimate of drug-likeness (QED) is 0.689. The van der Waals surface area contributed by atoms with Crippen molar-refractivity contribution in [1.82, 2.24) is 4.31 Å². The molecule has 0 saturated carbocycles. The predicted octanol–water partition coefficient (Wildman–Crippen LogP) is 3.23. The third-order valence-corrected chi connectivity index (χ3v) is 7.70. The Morgan fingerprint density at radius 3 is 2.55 bits per heavy atom. The van der Waals surface area contributed by atoms with Gasteiger partial charge < -0.3 is 20.1 Å². The average Bonchev–Trinajstić information content (AvgIpc) is 3.10. The maximum absolute atomic E-state index is 13.3. The van der Waals surface area contributed by atoms with Crippen molar-refractivity contribution >= 4 is 33.2 Å². The van der Waals surface area contributed by atoms with E-state index >= 15 is 0 Å². The van der Waals surface area contributed by atoms with Crippen molar-refractivity contribution in [2.75, 3.05) is 30.8 Å². The van der Waals surface area contributed by atoms with Crippen molar-refractivity contribution in [3.8, 4) is 11.5 Å². The number of benzene rings is 2. The van der Waals surface area contributed by atoms with Crippen LogP contribution in [0.4, 0.5) is 11.4 Å².